The first-order valence-corrected chi connectivity index (χ1v) is 4.47. The van der Waals surface area contributed by atoms with Gasteiger partial charge >= 0.3 is 0 Å². The van der Waals surface area contributed by atoms with Gasteiger partial charge in [-0.25, -0.2) is 0 Å². The molecule has 0 aliphatic heterocycles. The molecule has 1 heterocycles. The van der Waals surface area contributed by atoms with Gasteiger partial charge in [0, 0.05) is 11.8 Å². The summed E-state index contributed by atoms with van der Waals surface area (Å²) in [5.74, 6) is 0. The van der Waals surface area contributed by atoms with E-state index < -0.39 is 0 Å². The molecule has 13 heavy (non-hydrogen) atoms. The van der Waals surface area contributed by atoms with E-state index in [0.29, 0.717) is 10.0 Å². The van der Waals surface area contributed by atoms with Gasteiger partial charge in [0.15, 0.2) is 0 Å². The van der Waals surface area contributed by atoms with Crippen LogP contribution in [0.3, 0.4) is 0 Å². The predicted octanol–water partition coefficient (Wildman–Crippen LogP) is 3.38. The van der Waals surface area contributed by atoms with Crippen LogP contribution in [0.4, 0.5) is 0 Å². The van der Waals surface area contributed by atoms with Crippen molar-refractivity contribution < 1.29 is 0 Å². The summed E-state index contributed by atoms with van der Waals surface area (Å²) in [6, 6.07) is 5.49. The van der Waals surface area contributed by atoms with Gasteiger partial charge in [-0.2, -0.15) is 5.10 Å². The molecule has 0 spiro atoms. The first-order chi connectivity index (χ1) is 6.27. The first-order valence-electron chi connectivity index (χ1n) is 3.71. The zero-order valence-corrected chi connectivity index (χ0v) is 8.10. The largest absolute Gasteiger partial charge is 0.285 e. The molecule has 0 aliphatic carbocycles. The van der Waals surface area contributed by atoms with Crippen LogP contribution < -0.4 is 0 Å². The highest BCUT2D eigenvalue weighted by atomic mass is 35.5. The molecule has 0 unspecified atom stereocenters. The molecule has 0 aliphatic rings. The van der Waals surface area contributed by atoms with Crippen LogP contribution in [0.25, 0.3) is 11.1 Å². The van der Waals surface area contributed by atoms with E-state index in [1.54, 1.807) is 18.5 Å². The van der Waals surface area contributed by atoms with Gasteiger partial charge in [-0.05, 0) is 17.7 Å². The van der Waals surface area contributed by atoms with Crippen LogP contribution in [0.1, 0.15) is 0 Å². The highest BCUT2D eigenvalue weighted by Gasteiger charge is 2.01. The standard InChI is InChI=1S/C9H6Cl2N2/c10-8-2-1-6(3-9(8)11)7-4-12-13-5-7/h1-5H,(H,12,13). The van der Waals surface area contributed by atoms with Gasteiger partial charge in [-0.3, -0.25) is 5.10 Å². The Morgan fingerprint density at radius 2 is 1.92 bits per heavy atom. The van der Waals surface area contributed by atoms with E-state index in [4.69, 9.17) is 23.2 Å². The number of aromatic amines is 1. The van der Waals surface area contributed by atoms with Crippen molar-refractivity contribution in [1.82, 2.24) is 10.2 Å². The number of nitrogens with zero attached hydrogens (tertiary/aromatic N) is 1. The molecule has 0 atom stereocenters. The van der Waals surface area contributed by atoms with Crippen molar-refractivity contribution in [1.29, 1.82) is 0 Å². The fourth-order valence-electron chi connectivity index (χ4n) is 1.08. The van der Waals surface area contributed by atoms with Crippen LogP contribution in [-0.4, -0.2) is 10.2 Å². The number of hydrogen-bond donors (Lipinski definition) is 1. The smallest absolute Gasteiger partial charge is 0.0598 e. The molecular formula is C9H6Cl2N2. The molecule has 0 bridgehead atoms. The lowest BCUT2D eigenvalue weighted by molar-refractivity contribution is 1.09. The van der Waals surface area contributed by atoms with Crippen molar-refractivity contribution in [3.8, 4) is 11.1 Å². The summed E-state index contributed by atoms with van der Waals surface area (Å²) in [7, 11) is 0. The number of benzene rings is 1. The van der Waals surface area contributed by atoms with E-state index in [1.807, 2.05) is 12.1 Å². The summed E-state index contributed by atoms with van der Waals surface area (Å²) in [4.78, 5) is 0. The van der Waals surface area contributed by atoms with E-state index >= 15 is 0 Å². The molecule has 0 fully saturated rings. The van der Waals surface area contributed by atoms with E-state index in [0.717, 1.165) is 11.1 Å². The molecule has 0 radical (unpaired) electrons. The lowest BCUT2D eigenvalue weighted by atomic mass is 10.1. The average Bonchev–Trinajstić information content (AvgIpc) is 2.62. The van der Waals surface area contributed by atoms with Crippen LogP contribution >= 0.6 is 23.2 Å². The molecule has 2 nitrogen and oxygen atoms in total. The van der Waals surface area contributed by atoms with Gasteiger partial charge < -0.3 is 0 Å². The number of hydrogen-bond acceptors (Lipinski definition) is 1. The van der Waals surface area contributed by atoms with Crippen molar-refractivity contribution >= 4 is 23.2 Å². The maximum absolute atomic E-state index is 5.87. The molecule has 0 saturated heterocycles. The monoisotopic (exact) mass is 212 g/mol. The van der Waals surface area contributed by atoms with Gasteiger partial charge in [0.25, 0.3) is 0 Å². The third-order valence-corrected chi connectivity index (χ3v) is 2.49. The Morgan fingerprint density at radius 1 is 1.08 bits per heavy atom. The molecule has 2 rings (SSSR count). The molecule has 66 valence electrons. The van der Waals surface area contributed by atoms with Gasteiger partial charge in [-0.15, -0.1) is 0 Å². The molecule has 1 aromatic carbocycles. The summed E-state index contributed by atoms with van der Waals surface area (Å²) in [6.45, 7) is 0. The van der Waals surface area contributed by atoms with Crippen molar-refractivity contribution in [2.75, 3.05) is 0 Å². The maximum Gasteiger partial charge on any atom is 0.0598 e. The predicted molar refractivity (Wildman–Crippen MR) is 54.0 cm³/mol. The molecule has 4 heteroatoms. The first kappa shape index (κ1) is 8.60. The Kier molecular flexibility index (Phi) is 2.25. The van der Waals surface area contributed by atoms with Crippen LogP contribution in [0.5, 0.6) is 0 Å². The minimum atomic E-state index is 0.556. The Bertz CT molecular complexity index is 410. The second-order valence-electron chi connectivity index (χ2n) is 2.62. The normalized spacial score (nSPS) is 10.3. The Hall–Kier alpha value is -0.990. The molecular weight excluding hydrogens is 207 g/mol. The number of nitrogens with one attached hydrogen (secondary N) is 1. The topological polar surface area (TPSA) is 28.7 Å². The summed E-state index contributed by atoms with van der Waals surface area (Å²) >= 11 is 11.7. The third-order valence-electron chi connectivity index (χ3n) is 1.75. The van der Waals surface area contributed by atoms with Gasteiger partial charge in [0.1, 0.15) is 0 Å². The zero-order valence-electron chi connectivity index (χ0n) is 6.59. The minimum absolute atomic E-state index is 0.556. The van der Waals surface area contributed by atoms with Crippen LogP contribution in [0, 0.1) is 0 Å². The Labute approximate surface area is 85.5 Å². The highest BCUT2D eigenvalue weighted by molar-refractivity contribution is 6.42. The van der Waals surface area contributed by atoms with E-state index in [-0.39, 0.29) is 0 Å². The number of aromatic nitrogens is 2. The van der Waals surface area contributed by atoms with E-state index in [9.17, 15) is 0 Å². The van der Waals surface area contributed by atoms with Gasteiger partial charge in [0.2, 0.25) is 0 Å². The number of halogens is 2. The van der Waals surface area contributed by atoms with E-state index in [2.05, 4.69) is 10.2 Å². The molecule has 1 N–H and O–H groups in total. The van der Waals surface area contributed by atoms with Crippen molar-refractivity contribution in [3.63, 3.8) is 0 Å². The van der Waals surface area contributed by atoms with Gasteiger partial charge in [0.05, 0.1) is 16.2 Å². The zero-order chi connectivity index (χ0) is 9.26. The fourth-order valence-corrected chi connectivity index (χ4v) is 1.38. The van der Waals surface area contributed by atoms with Crippen molar-refractivity contribution in [2.24, 2.45) is 0 Å². The fraction of sp³-hybridized carbons (Fsp3) is 0. The van der Waals surface area contributed by atoms with Crippen LogP contribution in [0.2, 0.25) is 10.0 Å². The highest BCUT2D eigenvalue weighted by Crippen LogP contribution is 2.27. The molecule has 2 aromatic rings. The Balaban J connectivity index is 2.49. The van der Waals surface area contributed by atoms with Crippen molar-refractivity contribution in [3.05, 3.63) is 40.6 Å². The molecule has 1 aromatic heterocycles. The van der Waals surface area contributed by atoms with Crippen LogP contribution in [0.15, 0.2) is 30.6 Å². The lowest BCUT2D eigenvalue weighted by Gasteiger charge is -1.99. The number of H-pyrrole nitrogens is 1. The minimum Gasteiger partial charge on any atom is -0.285 e. The maximum atomic E-state index is 5.87. The second-order valence-corrected chi connectivity index (χ2v) is 3.43. The number of rotatable bonds is 1. The summed E-state index contributed by atoms with van der Waals surface area (Å²) in [6.07, 6.45) is 3.54. The lowest BCUT2D eigenvalue weighted by Crippen LogP contribution is -1.74. The summed E-state index contributed by atoms with van der Waals surface area (Å²) in [5.41, 5.74) is 2.00. The average molecular weight is 213 g/mol. The Morgan fingerprint density at radius 3 is 2.54 bits per heavy atom. The summed E-state index contributed by atoms with van der Waals surface area (Å²) in [5, 5.41) is 7.71. The summed E-state index contributed by atoms with van der Waals surface area (Å²) < 4.78 is 0. The quantitative estimate of drug-likeness (QED) is 0.772. The third kappa shape index (κ3) is 1.69. The molecule has 0 saturated carbocycles. The van der Waals surface area contributed by atoms with Crippen molar-refractivity contribution in [2.45, 2.75) is 0 Å². The van der Waals surface area contributed by atoms with Crippen LogP contribution in [-0.2, 0) is 0 Å². The van der Waals surface area contributed by atoms with Gasteiger partial charge in [-0.1, -0.05) is 29.3 Å². The SMILES string of the molecule is Clc1ccc(-c2cn[nH]c2)cc1Cl. The second kappa shape index (κ2) is 3.40. The molecule has 0 amide bonds. The van der Waals surface area contributed by atoms with E-state index in [1.165, 1.54) is 0 Å².